The Morgan fingerprint density at radius 2 is 0.833 bits per heavy atom. The van der Waals surface area contributed by atoms with Crippen molar-refractivity contribution in [2.24, 2.45) is 0 Å². The van der Waals surface area contributed by atoms with E-state index in [0.29, 0.717) is 0 Å². The first kappa shape index (κ1) is 29.5. The SMILES string of the molecule is [CH2-]C.[CH2-]C.[CH2-]C.[O]=[Cr](=[O])([OH])[OH].[SiH3]. The molecule has 0 aromatic heterocycles. The molecule has 0 aromatic carbocycles. The van der Waals surface area contributed by atoms with Crippen molar-refractivity contribution in [2.75, 3.05) is 0 Å². The second-order valence-electron chi connectivity index (χ2n) is 0.448. The summed E-state index contributed by atoms with van der Waals surface area (Å²) >= 11 is -5.25. The van der Waals surface area contributed by atoms with Gasteiger partial charge in [-0.2, -0.15) is 20.8 Å². The Morgan fingerprint density at radius 3 is 0.833 bits per heavy atom. The van der Waals surface area contributed by atoms with Gasteiger partial charge in [0.15, 0.2) is 0 Å². The minimum Gasteiger partial charge on any atom is -0.0125 e. The second-order valence-corrected chi connectivity index (χ2v) is 1.85. The molecule has 0 spiro atoms. The Labute approximate surface area is 82.4 Å². The van der Waals surface area contributed by atoms with Crippen LogP contribution < -0.4 is 0 Å². The van der Waals surface area contributed by atoms with Crippen molar-refractivity contribution in [1.82, 2.24) is 0 Å². The molecule has 0 aliphatic heterocycles. The predicted molar refractivity (Wildman–Crippen MR) is 48.8 cm³/mol. The second kappa shape index (κ2) is 30.2. The summed E-state index contributed by atoms with van der Waals surface area (Å²) in [7, 11) is 0. The van der Waals surface area contributed by atoms with E-state index in [9.17, 15) is 0 Å². The fourth-order valence-corrected chi connectivity index (χ4v) is 0. The molecular formula is C6H20CrO4Si-3. The molecule has 2 N–H and O–H groups in total. The molecule has 0 unspecified atom stereocenters. The Morgan fingerprint density at radius 1 is 0.833 bits per heavy atom. The zero-order valence-corrected chi connectivity index (χ0v) is 11.5. The zero-order chi connectivity index (χ0) is 10.5. The van der Waals surface area contributed by atoms with Crippen LogP contribution in [0.2, 0.25) is 0 Å². The van der Waals surface area contributed by atoms with Crippen LogP contribution in [0.5, 0.6) is 0 Å². The van der Waals surface area contributed by atoms with Gasteiger partial charge in [-0.3, -0.25) is 0 Å². The molecule has 0 atom stereocenters. The Balaban J connectivity index is -0.0000000203. The van der Waals surface area contributed by atoms with E-state index in [-0.39, 0.29) is 11.0 Å². The molecular weight excluding hydrogens is 216 g/mol. The summed E-state index contributed by atoms with van der Waals surface area (Å²) < 4.78 is 31.9. The first-order chi connectivity index (χ1) is 5.00. The van der Waals surface area contributed by atoms with Crippen molar-refractivity contribution in [3.8, 4) is 0 Å². The van der Waals surface area contributed by atoms with Gasteiger partial charge in [0, 0.05) is 0 Å². The molecule has 0 aliphatic rings. The first-order valence-corrected chi connectivity index (χ1v) is 5.00. The Hall–Kier alpha value is 0.269. The summed E-state index contributed by atoms with van der Waals surface area (Å²) in [5, 5.41) is 0. The van der Waals surface area contributed by atoms with Crippen molar-refractivity contribution in [3.05, 3.63) is 20.8 Å². The average molecular weight is 236 g/mol. The van der Waals surface area contributed by atoms with Crippen LogP contribution in [-0.4, -0.2) is 19.3 Å². The van der Waals surface area contributed by atoms with Crippen LogP contribution in [0, 0.1) is 20.8 Å². The van der Waals surface area contributed by atoms with Gasteiger partial charge in [-0.1, -0.05) is 0 Å². The van der Waals surface area contributed by atoms with Crippen LogP contribution in [0.1, 0.15) is 20.8 Å². The molecule has 0 saturated carbocycles. The molecule has 4 nitrogen and oxygen atoms in total. The molecule has 1 radical (unpaired) electrons. The van der Waals surface area contributed by atoms with E-state index in [0.717, 1.165) is 0 Å². The van der Waals surface area contributed by atoms with Crippen LogP contribution in [0.15, 0.2) is 0 Å². The smallest absolute Gasteiger partial charge is 0.0125 e. The molecule has 0 amide bonds. The third-order valence-electron chi connectivity index (χ3n) is 0. The summed E-state index contributed by atoms with van der Waals surface area (Å²) in [5.74, 6) is 0. The maximum absolute atomic E-state index is 8.82. The third kappa shape index (κ3) is 12200. The van der Waals surface area contributed by atoms with Crippen molar-refractivity contribution in [2.45, 2.75) is 20.8 Å². The molecule has 6 heteroatoms. The summed E-state index contributed by atoms with van der Waals surface area (Å²) in [6.45, 7) is 15.0. The molecule has 0 fully saturated rings. The molecule has 0 heterocycles. The van der Waals surface area contributed by atoms with E-state index >= 15 is 0 Å². The van der Waals surface area contributed by atoms with Crippen molar-refractivity contribution in [1.29, 1.82) is 0 Å². The van der Waals surface area contributed by atoms with Crippen molar-refractivity contribution < 1.29 is 29.5 Å². The summed E-state index contributed by atoms with van der Waals surface area (Å²) in [4.78, 5) is 0. The molecule has 0 rings (SSSR count). The van der Waals surface area contributed by atoms with Crippen LogP contribution in [0.3, 0.4) is 0 Å². The van der Waals surface area contributed by atoms with Gasteiger partial charge in [0.1, 0.15) is 0 Å². The molecule has 0 bridgehead atoms. The van der Waals surface area contributed by atoms with Crippen molar-refractivity contribution >= 4 is 11.0 Å². The van der Waals surface area contributed by atoms with Gasteiger partial charge >= 0.3 is 29.5 Å². The normalized spacial score (nSPS) is 6.33. The van der Waals surface area contributed by atoms with Gasteiger partial charge in [0.25, 0.3) is 0 Å². The molecule has 81 valence electrons. The Kier molecular flexibility index (Phi) is 74.3. The zero-order valence-electron chi connectivity index (χ0n) is 8.24. The monoisotopic (exact) mass is 236 g/mol. The summed E-state index contributed by atoms with van der Waals surface area (Å²) in [6.07, 6.45) is 0. The van der Waals surface area contributed by atoms with E-state index in [4.69, 9.17) is 15.9 Å². The van der Waals surface area contributed by atoms with E-state index in [1.54, 1.807) is 20.8 Å². The number of rotatable bonds is 0. The molecule has 0 saturated heterocycles. The number of hydrogen-bond donors (Lipinski definition) is 2. The van der Waals surface area contributed by atoms with E-state index < -0.39 is 13.6 Å². The predicted octanol–water partition coefficient (Wildman–Crippen LogP) is -0.0168. The van der Waals surface area contributed by atoms with Gasteiger partial charge in [-0.05, 0) is 11.0 Å². The largest absolute Gasteiger partial charge is 0.0125 e. The van der Waals surface area contributed by atoms with Crippen LogP contribution in [0.25, 0.3) is 0 Å². The minimum atomic E-state index is -5.25. The van der Waals surface area contributed by atoms with Gasteiger partial charge in [-0.15, -0.1) is 0 Å². The van der Waals surface area contributed by atoms with Gasteiger partial charge < -0.3 is 20.8 Å². The molecule has 0 aromatic rings. The van der Waals surface area contributed by atoms with Gasteiger partial charge in [0.2, 0.25) is 0 Å². The summed E-state index contributed by atoms with van der Waals surface area (Å²) in [5.41, 5.74) is 0. The van der Waals surface area contributed by atoms with Crippen LogP contribution in [0.4, 0.5) is 0 Å². The molecule has 0 aliphatic carbocycles. The standard InChI is InChI=1S/3C2H5.Cr.2H2O.2O.H3Si/c3*1-2;;;;;;/h3*1H2,2H3;;2*1H2;;;1H3/q3*-1;+2;;;;;/p-2. The van der Waals surface area contributed by atoms with Crippen molar-refractivity contribution in [3.63, 3.8) is 0 Å². The topological polar surface area (TPSA) is 74.6 Å². The first-order valence-electron chi connectivity index (χ1n) is 2.82. The van der Waals surface area contributed by atoms with Gasteiger partial charge in [0.05, 0.1) is 0 Å². The average Bonchev–Trinajstić information content (AvgIpc) is 1.96. The number of hydrogen-bond acceptors (Lipinski definition) is 2. The maximum atomic E-state index is 8.82. The quantitative estimate of drug-likeness (QED) is 0.458. The minimum absolute atomic E-state index is 0. The van der Waals surface area contributed by atoms with Crippen LogP contribution in [-0.2, 0) is 21.2 Å². The fourth-order valence-electron chi connectivity index (χ4n) is 0. The fraction of sp³-hybridized carbons (Fsp3) is 0.500. The maximum Gasteiger partial charge on any atom is -0.0125 e. The summed E-state index contributed by atoms with van der Waals surface area (Å²) in [6, 6.07) is 0. The van der Waals surface area contributed by atoms with E-state index in [1.165, 1.54) is 0 Å². The Bertz CT molecular complexity index is 103. The van der Waals surface area contributed by atoms with E-state index in [2.05, 4.69) is 20.8 Å². The third-order valence-corrected chi connectivity index (χ3v) is 0. The van der Waals surface area contributed by atoms with E-state index in [1.807, 2.05) is 0 Å². The van der Waals surface area contributed by atoms with Crippen LogP contribution >= 0.6 is 0 Å². The van der Waals surface area contributed by atoms with Gasteiger partial charge in [-0.25, -0.2) is 0 Å². The molecule has 12 heavy (non-hydrogen) atoms.